The lowest BCUT2D eigenvalue weighted by Crippen LogP contribution is -2.06. The number of nitrogens with zero attached hydrogens (tertiary/aromatic N) is 4. The van der Waals surface area contributed by atoms with Gasteiger partial charge in [0.15, 0.2) is 5.82 Å². The molecule has 0 aliphatic rings. The van der Waals surface area contributed by atoms with Crippen molar-refractivity contribution in [2.24, 2.45) is 5.73 Å². The third-order valence-electron chi connectivity index (χ3n) is 2.57. The fourth-order valence-corrected chi connectivity index (χ4v) is 2.21. The summed E-state index contributed by atoms with van der Waals surface area (Å²) in [5.41, 5.74) is 7.64. The van der Waals surface area contributed by atoms with Gasteiger partial charge in [-0.15, -0.1) is 0 Å². The van der Waals surface area contributed by atoms with E-state index in [0.717, 1.165) is 20.7 Å². The second-order valence-electron chi connectivity index (χ2n) is 3.62. The number of hydrogen-bond acceptors (Lipinski definition) is 3. The first-order chi connectivity index (χ1) is 8.29. The predicted octanol–water partition coefficient (Wildman–Crippen LogP) is 1.58. The molecule has 3 aromatic rings. The van der Waals surface area contributed by atoms with E-state index in [-0.39, 0.29) is 0 Å². The SMILES string of the molecule is NCc1c(-n2cc(I)cn2)nc2ccccn12. The highest BCUT2D eigenvalue weighted by molar-refractivity contribution is 14.1. The molecule has 0 fully saturated rings. The zero-order chi connectivity index (χ0) is 11.8. The molecule has 0 aromatic carbocycles. The number of pyridine rings is 1. The van der Waals surface area contributed by atoms with Crippen LogP contribution >= 0.6 is 22.6 Å². The highest BCUT2D eigenvalue weighted by Crippen LogP contribution is 2.16. The van der Waals surface area contributed by atoms with Gasteiger partial charge in [-0.3, -0.25) is 0 Å². The van der Waals surface area contributed by atoms with Gasteiger partial charge in [0.25, 0.3) is 0 Å². The summed E-state index contributed by atoms with van der Waals surface area (Å²) in [6.45, 7) is 0.428. The van der Waals surface area contributed by atoms with E-state index in [9.17, 15) is 0 Å². The van der Waals surface area contributed by atoms with Crippen LogP contribution in [0.25, 0.3) is 11.5 Å². The first-order valence-corrected chi connectivity index (χ1v) is 6.24. The zero-order valence-electron chi connectivity index (χ0n) is 8.92. The third-order valence-corrected chi connectivity index (χ3v) is 3.13. The molecule has 0 aliphatic carbocycles. The Balaban J connectivity index is 2.29. The molecule has 5 nitrogen and oxygen atoms in total. The molecule has 0 aliphatic heterocycles. The van der Waals surface area contributed by atoms with Crippen LogP contribution < -0.4 is 5.73 Å². The van der Waals surface area contributed by atoms with Gasteiger partial charge in [0.2, 0.25) is 0 Å². The van der Waals surface area contributed by atoms with Crippen molar-refractivity contribution in [3.63, 3.8) is 0 Å². The maximum Gasteiger partial charge on any atom is 0.176 e. The van der Waals surface area contributed by atoms with Crippen LogP contribution in [0.1, 0.15) is 5.69 Å². The molecule has 2 N–H and O–H groups in total. The van der Waals surface area contributed by atoms with Gasteiger partial charge in [0, 0.05) is 18.9 Å². The Labute approximate surface area is 111 Å². The summed E-state index contributed by atoms with van der Waals surface area (Å²) in [4.78, 5) is 4.55. The molecule has 0 radical (unpaired) electrons. The number of rotatable bonds is 2. The van der Waals surface area contributed by atoms with E-state index in [0.29, 0.717) is 6.54 Å². The summed E-state index contributed by atoms with van der Waals surface area (Å²) in [5.74, 6) is 0.793. The fourth-order valence-electron chi connectivity index (χ4n) is 1.82. The van der Waals surface area contributed by atoms with Crippen molar-refractivity contribution < 1.29 is 0 Å². The van der Waals surface area contributed by atoms with E-state index < -0.39 is 0 Å². The highest BCUT2D eigenvalue weighted by atomic mass is 127. The second-order valence-corrected chi connectivity index (χ2v) is 4.86. The Morgan fingerprint density at radius 1 is 1.35 bits per heavy atom. The van der Waals surface area contributed by atoms with E-state index in [4.69, 9.17) is 5.73 Å². The summed E-state index contributed by atoms with van der Waals surface area (Å²) >= 11 is 2.22. The monoisotopic (exact) mass is 339 g/mol. The van der Waals surface area contributed by atoms with Gasteiger partial charge in [-0.25, -0.2) is 9.67 Å². The van der Waals surface area contributed by atoms with E-state index >= 15 is 0 Å². The molecule has 0 spiro atoms. The van der Waals surface area contributed by atoms with Crippen LogP contribution in [-0.2, 0) is 6.54 Å². The van der Waals surface area contributed by atoms with E-state index in [1.807, 2.05) is 35.0 Å². The highest BCUT2D eigenvalue weighted by Gasteiger charge is 2.12. The lowest BCUT2D eigenvalue weighted by Gasteiger charge is -2.00. The van der Waals surface area contributed by atoms with Crippen LogP contribution in [0, 0.1) is 3.57 Å². The number of nitrogens with two attached hydrogens (primary N) is 1. The van der Waals surface area contributed by atoms with Gasteiger partial charge < -0.3 is 10.1 Å². The lowest BCUT2D eigenvalue weighted by atomic mass is 10.4. The molecule has 17 heavy (non-hydrogen) atoms. The summed E-state index contributed by atoms with van der Waals surface area (Å²) in [7, 11) is 0. The van der Waals surface area contributed by atoms with E-state index in [2.05, 4.69) is 32.7 Å². The van der Waals surface area contributed by atoms with Gasteiger partial charge >= 0.3 is 0 Å². The quantitative estimate of drug-likeness (QED) is 0.722. The molecule has 0 unspecified atom stereocenters. The Morgan fingerprint density at radius 3 is 2.94 bits per heavy atom. The van der Waals surface area contributed by atoms with Crippen LogP contribution in [0.4, 0.5) is 0 Å². The summed E-state index contributed by atoms with van der Waals surface area (Å²) in [6.07, 6.45) is 5.69. The Bertz CT molecular complexity index is 669. The molecule has 0 saturated heterocycles. The van der Waals surface area contributed by atoms with Crippen LogP contribution in [0.5, 0.6) is 0 Å². The minimum absolute atomic E-state index is 0.428. The van der Waals surface area contributed by atoms with Crippen molar-refractivity contribution >= 4 is 28.2 Å². The average molecular weight is 339 g/mol. The molecule has 3 rings (SSSR count). The molecular weight excluding hydrogens is 329 g/mol. The predicted molar refractivity (Wildman–Crippen MR) is 72.9 cm³/mol. The molecule has 0 bridgehead atoms. The maximum absolute atomic E-state index is 5.80. The van der Waals surface area contributed by atoms with Crippen LogP contribution in [-0.4, -0.2) is 19.2 Å². The summed E-state index contributed by atoms with van der Waals surface area (Å²) in [6, 6.07) is 5.88. The standard InChI is InChI=1S/C11H10IN5/c12-8-6-14-17(7-8)11-9(5-13)16-4-2-1-3-10(16)15-11/h1-4,6-7H,5,13H2. The van der Waals surface area contributed by atoms with E-state index in [1.165, 1.54) is 0 Å². The zero-order valence-corrected chi connectivity index (χ0v) is 11.1. The second kappa shape index (κ2) is 4.11. The van der Waals surface area contributed by atoms with Crippen molar-refractivity contribution in [1.82, 2.24) is 19.2 Å². The average Bonchev–Trinajstić information content (AvgIpc) is 2.91. The molecule has 0 amide bonds. The number of halogens is 1. The number of imidazole rings is 1. The molecule has 6 heteroatoms. The molecule has 0 saturated carbocycles. The van der Waals surface area contributed by atoms with Gasteiger partial charge in [0.1, 0.15) is 5.65 Å². The van der Waals surface area contributed by atoms with Gasteiger partial charge in [-0.2, -0.15) is 5.10 Å². The van der Waals surface area contributed by atoms with Crippen LogP contribution in [0.3, 0.4) is 0 Å². The van der Waals surface area contributed by atoms with Crippen molar-refractivity contribution in [2.75, 3.05) is 0 Å². The number of aromatic nitrogens is 4. The van der Waals surface area contributed by atoms with Crippen molar-refractivity contribution in [3.8, 4) is 5.82 Å². The largest absolute Gasteiger partial charge is 0.325 e. The van der Waals surface area contributed by atoms with Gasteiger partial charge in [-0.1, -0.05) is 6.07 Å². The normalized spacial score (nSPS) is 11.2. The summed E-state index contributed by atoms with van der Waals surface area (Å²) in [5, 5.41) is 4.27. The van der Waals surface area contributed by atoms with Crippen molar-refractivity contribution in [1.29, 1.82) is 0 Å². The smallest absolute Gasteiger partial charge is 0.176 e. The Morgan fingerprint density at radius 2 is 2.24 bits per heavy atom. The number of fused-ring (bicyclic) bond motifs is 1. The first kappa shape index (κ1) is 10.7. The fraction of sp³-hybridized carbons (Fsp3) is 0.0909. The van der Waals surface area contributed by atoms with Crippen molar-refractivity contribution in [2.45, 2.75) is 6.54 Å². The van der Waals surface area contributed by atoms with Gasteiger partial charge in [0.05, 0.1) is 15.5 Å². The van der Waals surface area contributed by atoms with E-state index in [1.54, 1.807) is 10.9 Å². The Kier molecular flexibility index (Phi) is 2.60. The topological polar surface area (TPSA) is 61.1 Å². The molecule has 3 aromatic heterocycles. The van der Waals surface area contributed by atoms with Gasteiger partial charge in [-0.05, 0) is 34.7 Å². The minimum atomic E-state index is 0.428. The molecule has 3 heterocycles. The maximum atomic E-state index is 5.80. The summed E-state index contributed by atoms with van der Waals surface area (Å²) < 4.78 is 4.82. The minimum Gasteiger partial charge on any atom is -0.325 e. The lowest BCUT2D eigenvalue weighted by molar-refractivity contribution is 0.825. The molecule has 86 valence electrons. The van der Waals surface area contributed by atoms with Crippen LogP contribution in [0.2, 0.25) is 0 Å². The number of hydrogen-bond donors (Lipinski definition) is 1. The third kappa shape index (κ3) is 1.73. The van der Waals surface area contributed by atoms with Crippen LogP contribution in [0.15, 0.2) is 36.8 Å². The molecule has 0 atom stereocenters. The Hall–Kier alpha value is -1.41. The van der Waals surface area contributed by atoms with Crippen molar-refractivity contribution in [3.05, 3.63) is 46.1 Å². The molecular formula is C11H10IN5. The first-order valence-electron chi connectivity index (χ1n) is 5.16.